The van der Waals surface area contributed by atoms with Crippen molar-refractivity contribution in [2.45, 2.75) is 65.0 Å². The van der Waals surface area contributed by atoms with Crippen molar-refractivity contribution in [1.29, 1.82) is 0 Å². The lowest BCUT2D eigenvalue weighted by Gasteiger charge is -2.43. The first-order chi connectivity index (χ1) is 15.0. The topological polar surface area (TPSA) is 28.6 Å². The van der Waals surface area contributed by atoms with Gasteiger partial charge in [-0.05, 0) is 41.7 Å². The van der Waals surface area contributed by atoms with Gasteiger partial charge in [0.05, 0.1) is 12.8 Å². The van der Waals surface area contributed by atoms with E-state index in [9.17, 15) is 0 Å². The van der Waals surface area contributed by atoms with Gasteiger partial charge in [-0.1, -0.05) is 52.0 Å². The second-order valence-corrected chi connectivity index (χ2v) is 10.1. The van der Waals surface area contributed by atoms with Gasteiger partial charge in [-0.25, -0.2) is 0 Å². The standard InChI is InChI=1S/C27H39N3O/c1-19(2)16-30-13-12-29(18-26(30)24-9-7-6-8-23(24)20(3)4)17-22-14-27(31-5)25(15-28-22)21-10-11-21/h6-9,14-15,19-21,26H,10-13,16-18H2,1-5H3. The van der Waals surface area contributed by atoms with Gasteiger partial charge in [0.2, 0.25) is 0 Å². The zero-order valence-corrected chi connectivity index (χ0v) is 20.0. The van der Waals surface area contributed by atoms with Crippen molar-refractivity contribution in [3.05, 3.63) is 58.9 Å². The van der Waals surface area contributed by atoms with Gasteiger partial charge in [-0.2, -0.15) is 0 Å². The molecule has 31 heavy (non-hydrogen) atoms. The molecule has 0 bridgehead atoms. The van der Waals surface area contributed by atoms with E-state index < -0.39 is 0 Å². The zero-order valence-electron chi connectivity index (χ0n) is 20.0. The number of hydrogen-bond acceptors (Lipinski definition) is 4. The molecule has 4 heteroatoms. The number of rotatable bonds is 8. The maximum Gasteiger partial charge on any atom is 0.125 e. The lowest BCUT2D eigenvalue weighted by atomic mass is 9.90. The maximum absolute atomic E-state index is 5.70. The number of benzene rings is 1. The molecule has 1 aliphatic heterocycles. The van der Waals surface area contributed by atoms with Crippen molar-refractivity contribution in [3.63, 3.8) is 0 Å². The SMILES string of the molecule is COc1cc(CN2CCN(CC(C)C)C(c3ccccc3C(C)C)C2)ncc1C1CC1. The van der Waals surface area contributed by atoms with Crippen LogP contribution in [0.15, 0.2) is 36.5 Å². The fourth-order valence-corrected chi connectivity index (χ4v) is 5.02. The predicted octanol–water partition coefficient (Wildman–Crippen LogP) is 5.61. The second kappa shape index (κ2) is 9.70. The third-order valence-corrected chi connectivity index (χ3v) is 6.73. The summed E-state index contributed by atoms with van der Waals surface area (Å²) in [5, 5.41) is 0. The van der Waals surface area contributed by atoms with E-state index in [4.69, 9.17) is 9.72 Å². The Morgan fingerprint density at radius 2 is 1.84 bits per heavy atom. The van der Waals surface area contributed by atoms with Crippen LogP contribution < -0.4 is 4.74 Å². The fourth-order valence-electron chi connectivity index (χ4n) is 5.02. The predicted molar refractivity (Wildman–Crippen MR) is 128 cm³/mol. The number of hydrogen-bond donors (Lipinski definition) is 0. The Morgan fingerprint density at radius 1 is 1.06 bits per heavy atom. The summed E-state index contributed by atoms with van der Waals surface area (Å²) >= 11 is 0. The first kappa shape index (κ1) is 22.3. The molecule has 4 rings (SSSR count). The minimum Gasteiger partial charge on any atom is -0.496 e. The van der Waals surface area contributed by atoms with Crippen molar-refractivity contribution < 1.29 is 4.74 Å². The summed E-state index contributed by atoms with van der Waals surface area (Å²) in [6, 6.07) is 11.7. The number of aromatic nitrogens is 1. The van der Waals surface area contributed by atoms with Crippen LogP contribution >= 0.6 is 0 Å². The van der Waals surface area contributed by atoms with Gasteiger partial charge in [0.25, 0.3) is 0 Å². The van der Waals surface area contributed by atoms with Gasteiger partial charge in [0, 0.05) is 56.6 Å². The highest BCUT2D eigenvalue weighted by Crippen LogP contribution is 2.44. The molecule has 4 nitrogen and oxygen atoms in total. The van der Waals surface area contributed by atoms with E-state index in [0.717, 1.165) is 44.2 Å². The third kappa shape index (κ3) is 5.30. The van der Waals surface area contributed by atoms with Crippen LogP contribution in [0.2, 0.25) is 0 Å². The van der Waals surface area contributed by atoms with Crippen molar-refractivity contribution >= 4 is 0 Å². The summed E-state index contributed by atoms with van der Waals surface area (Å²) in [4.78, 5) is 10.1. The molecule has 2 aromatic rings. The third-order valence-electron chi connectivity index (χ3n) is 6.73. The molecule has 1 saturated carbocycles. The van der Waals surface area contributed by atoms with E-state index in [1.54, 1.807) is 7.11 Å². The Bertz CT molecular complexity index is 875. The summed E-state index contributed by atoms with van der Waals surface area (Å²) in [6.07, 6.45) is 4.60. The van der Waals surface area contributed by atoms with E-state index >= 15 is 0 Å². The van der Waals surface area contributed by atoms with Crippen LogP contribution in [0.5, 0.6) is 5.75 Å². The van der Waals surface area contributed by atoms with Gasteiger partial charge in [-0.15, -0.1) is 0 Å². The number of ether oxygens (including phenoxy) is 1. The van der Waals surface area contributed by atoms with E-state index in [0.29, 0.717) is 23.8 Å². The number of piperazine rings is 1. The minimum atomic E-state index is 0.433. The molecule has 1 aromatic carbocycles. The summed E-state index contributed by atoms with van der Waals surface area (Å²) in [6.45, 7) is 14.5. The van der Waals surface area contributed by atoms with Crippen LogP contribution in [-0.2, 0) is 6.54 Å². The van der Waals surface area contributed by atoms with Crippen molar-refractivity contribution in [1.82, 2.24) is 14.8 Å². The zero-order chi connectivity index (χ0) is 22.0. The van der Waals surface area contributed by atoms with Crippen LogP contribution in [0.4, 0.5) is 0 Å². The smallest absolute Gasteiger partial charge is 0.125 e. The summed E-state index contributed by atoms with van der Waals surface area (Å²) in [5.74, 6) is 2.88. The molecule has 0 radical (unpaired) electrons. The molecule has 2 aliphatic rings. The highest BCUT2D eigenvalue weighted by Gasteiger charge is 2.31. The molecule has 1 atom stereocenters. The molecule has 1 saturated heterocycles. The Balaban J connectivity index is 1.55. The lowest BCUT2D eigenvalue weighted by Crippen LogP contribution is -2.49. The van der Waals surface area contributed by atoms with Crippen LogP contribution in [0.25, 0.3) is 0 Å². The quantitative estimate of drug-likeness (QED) is 0.554. The number of pyridine rings is 1. The molecule has 0 amide bonds. The van der Waals surface area contributed by atoms with Crippen molar-refractivity contribution in [3.8, 4) is 5.75 Å². The van der Waals surface area contributed by atoms with Crippen LogP contribution in [0.1, 0.15) is 80.8 Å². The normalized spacial score (nSPS) is 20.5. The molecule has 2 fully saturated rings. The average molecular weight is 422 g/mol. The Morgan fingerprint density at radius 3 is 2.52 bits per heavy atom. The summed E-state index contributed by atoms with van der Waals surface area (Å²) in [7, 11) is 1.79. The van der Waals surface area contributed by atoms with E-state index in [1.165, 1.54) is 29.5 Å². The van der Waals surface area contributed by atoms with Gasteiger partial charge in [0.1, 0.15) is 5.75 Å². The highest BCUT2D eigenvalue weighted by molar-refractivity contribution is 5.38. The molecule has 0 spiro atoms. The second-order valence-electron chi connectivity index (χ2n) is 10.1. The first-order valence-electron chi connectivity index (χ1n) is 12.0. The maximum atomic E-state index is 5.70. The van der Waals surface area contributed by atoms with E-state index in [-0.39, 0.29) is 0 Å². The average Bonchev–Trinajstić information content (AvgIpc) is 3.59. The molecule has 1 aliphatic carbocycles. The van der Waals surface area contributed by atoms with Gasteiger partial charge in [-0.3, -0.25) is 14.8 Å². The molecular weight excluding hydrogens is 382 g/mol. The lowest BCUT2D eigenvalue weighted by molar-refractivity contribution is 0.0595. The van der Waals surface area contributed by atoms with Crippen molar-refractivity contribution in [2.75, 3.05) is 33.3 Å². The molecule has 2 heterocycles. The van der Waals surface area contributed by atoms with E-state index in [2.05, 4.69) is 74.0 Å². The molecule has 1 unspecified atom stereocenters. The number of methoxy groups -OCH3 is 1. The van der Waals surface area contributed by atoms with Crippen LogP contribution in [0.3, 0.4) is 0 Å². The minimum absolute atomic E-state index is 0.433. The molecule has 0 N–H and O–H groups in total. The van der Waals surface area contributed by atoms with Gasteiger partial charge >= 0.3 is 0 Å². The fraction of sp³-hybridized carbons (Fsp3) is 0.593. The number of nitrogens with zero attached hydrogens (tertiary/aromatic N) is 3. The Hall–Kier alpha value is -1.91. The first-order valence-corrected chi connectivity index (χ1v) is 12.0. The Labute approximate surface area is 188 Å². The van der Waals surface area contributed by atoms with Crippen LogP contribution in [0, 0.1) is 5.92 Å². The van der Waals surface area contributed by atoms with E-state index in [1.807, 2.05) is 0 Å². The van der Waals surface area contributed by atoms with Gasteiger partial charge < -0.3 is 4.74 Å². The summed E-state index contributed by atoms with van der Waals surface area (Å²) < 4.78 is 5.70. The van der Waals surface area contributed by atoms with Crippen LogP contribution in [-0.4, -0.2) is 48.1 Å². The summed E-state index contributed by atoms with van der Waals surface area (Å²) in [5.41, 5.74) is 5.39. The molecular formula is C27H39N3O. The highest BCUT2D eigenvalue weighted by atomic mass is 16.5. The monoisotopic (exact) mass is 421 g/mol. The molecule has 168 valence electrons. The van der Waals surface area contributed by atoms with Gasteiger partial charge in [0.15, 0.2) is 0 Å². The molecule has 1 aromatic heterocycles. The Kier molecular flexibility index (Phi) is 6.98. The largest absolute Gasteiger partial charge is 0.496 e. The van der Waals surface area contributed by atoms with Crippen molar-refractivity contribution in [2.24, 2.45) is 5.92 Å².